The number of halogens is 2. The third-order valence-corrected chi connectivity index (χ3v) is 3.98. The lowest BCUT2D eigenvalue weighted by Crippen LogP contribution is -1.90. The van der Waals surface area contributed by atoms with Crippen LogP contribution in [0.3, 0.4) is 0 Å². The molecule has 3 nitrogen and oxygen atoms in total. The van der Waals surface area contributed by atoms with Crippen LogP contribution in [0.15, 0.2) is 56.7 Å². The third kappa shape index (κ3) is 3.25. The van der Waals surface area contributed by atoms with Gasteiger partial charge in [-0.15, -0.1) is 0 Å². The molecule has 6 heteroatoms. The monoisotopic (exact) mass is 343 g/mol. The average Bonchev–Trinajstić information content (AvgIpc) is 2.32. The molecule has 0 N–H and O–H groups in total. The van der Waals surface area contributed by atoms with Crippen LogP contribution in [0.1, 0.15) is 0 Å². The van der Waals surface area contributed by atoms with E-state index in [9.17, 15) is 10.1 Å². The molecule has 0 aliphatic carbocycles. The fourth-order valence-electron chi connectivity index (χ4n) is 1.35. The summed E-state index contributed by atoms with van der Waals surface area (Å²) in [5, 5.41) is 11.4. The molecule has 0 aliphatic rings. The Bertz CT molecular complexity index is 589. The number of nitro benzene ring substituents is 1. The van der Waals surface area contributed by atoms with Crippen LogP contribution in [0.4, 0.5) is 5.69 Å². The van der Waals surface area contributed by atoms with Crippen LogP contribution in [-0.2, 0) is 0 Å². The number of nitro groups is 1. The first-order valence-corrected chi connectivity index (χ1v) is 6.92. The Labute approximate surface area is 121 Å². The highest BCUT2D eigenvalue weighted by molar-refractivity contribution is 9.10. The molecule has 92 valence electrons. The first kappa shape index (κ1) is 13.4. The summed E-state index contributed by atoms with van der Waals surface area (Å²) in [5.74, 6) is 0. The number of nitrogens with zero attached hydrogens (tertiary/aromatic N) is 1. The molecule has 0 fully saturated rings. The molecule has 0 saturated heterocycles. The molecule has 0 amide bonds. The van der Waals surface area contributed by atoms with Gasteiger partial charge in [-0.05, 0) is 36.4 Å². The summed E-state index contributed by atoms with van der Waals surface area (Å²) >= 11 is 10.5. The van der Waals surface area contributed by atoms with E-state index in [0.717, 1.165) is 9.37 Å². The van der Waals surface area contributed by atoms with Crippen molar-refractivity contribution in [3.05, 3.63) is 62.1 Å². The van der Waals surface area contributed by atoms with Gasteiger partial charge >= 0.3 is 0 Å². The zero-order valence-corrected chi connectivity index (χ0v) is 12.1. The minimum Gasteiger partial charge on any atom is -0.258 e. The largest absolute Gasteiger partial charge is 0.283 e. The van der Waals surface area contributed by atoms with Gasteiger partial charge in [0.2, 0.25) is 0 Å². The summed E-state index contributed by atoms with van der Waals surface area (Å²) in [6, 6.07) is 12.1. The molecule has 0 radical (unpaired) electrons. The Morgan fingerprint density at radius 2 is 1.83 bits per heavy atom. The summed E-state index contributed by atoms with van der Waals surface area (Å²) in [5.41, 5.74) is 0.0623. The standard InChI is InChI=1S/C12H7BrClNO2S/c13-8-1-4-10(5-2-8)18-12-7-9(14)3-6-11(12)15(16)17/h1-7H. The van der Waals surface area contributed by atoms with Crippen molar-refractivity contribution in [2.24, 2.45) is 0 Å². The lowest BCUT2D eigenvalue weighted by molar-refractivity contribution is -0.387. The molecule has 2 aromatic carbocycles. The van der Waals surface area contributed by atoms with Gasteiger partial charge in [0.15, 0.2) is 0 Å². The molecule has 0 unspecified atom stereocenters. The molecule has 0 heterocycles. The van der Waals surface area contributed by atoms with Crippen LogP contribution in [-0.4, -0.2) is 4.92 Å². The molecular formula is C12H7BrClNO2S. The number of benzene rings is 2. The third-order valence-electron chi connectivity index (χ3n) is 2.16. The van der Waals surface area contributed by atoms with Crippen molar-refractivity contribution in [3.63, 3.8) is 0 Å². The maximum atomic E-state index is 10.9. The highest BCUT2D eigenvalue weighted by Gasteiger charge is 2.14. The summed E-state index contributed by atoms with van der Waals surface area (Å²) < 4.78 is 0.965. The molecule has 2 rings (SSSR count). The molecule has 0 atom stereocenters. The van der Waals surface area contributed by atoms with Crippen molar-refractivity contribution in [2.45, 2.75) is 9.79 Å². The number of hydrogen-bond donors (Lipinski definition) is 0. The number of rotatable bonds is 3. The molecule has 2 aromatic rings. The Balaban J connectivity index is 2.35. The van der Waals surface area contributed by atoms with E-state index in [0.29, 0.717) is 9.92 Å². The number of hydrogen-bond acceptors (Lipinski definition) is 3. The minimum absolute atomic E-state index is 0.0623. The van der Waals surface area contributed by atoms with E-state index in [1.54, 1.807) is 6.07 Å². The Kier molecular flexibility index (Phi) is 4.27. The van der Waals surface area contributed by atoms with Gasteiger partial charge in [0.1, 0.15) is 0 Å². The summed E-state index contributed by atoms with van der Waals surface area (Å²) in [7, 11) is 0. The summed E-state index contributed by atoms with van der Waals surface area (Å²) in [6.07, 6.45) is 0. The SMILES string of the molecule is O=[N+]([O-])c1ccc(Cl)cc1Sc1ccc(Br)cc1. The summed E-state index contributed by atoms with van der Waals surface area (Å²) in [4.78, 5) is 12.0. The van der Waals surface area contributed by atoms with Gasteiger partial charge in [-0.25, -0.2) is 0 Å². The molecule has 0 bridgehead atoms. The normalized spacial score (nSPS) is 10.3. The maximum Gasteiger partial charge on any atom is 0.283 e. The molecule has 0 saturated carbocycles. The minimum atomic E-state index is -0.405. The van der Waals surface area contributed by atoms with Crippen molar-refractivity contribution in [1.82, 2.24) is 0 Å². The maximum absolute atomic E-state index is 10.9. The van der Waals surface area contributed by atoms with Gasteiger partial charge in [-0.1, -0.05) is 39.3 Å². The van der Waals surface area contributed by atoms with Crippen LogP contribution in [0.25, 0.3) is 0 Å². The lowest BCUT2D eigenvalue weighted by atomic mass is 10.3. The first-order chi connectivity index (χ1) is 8.56. The van der Waals surface area contributed by atoms with Crippen molar-refractivity contribution in [2.75, 3.05) is 0 Å². The van der Waals surface area contributed by atoms with Crippen molar-refractivity contribution in [3.8, 4) is 0 Å². The van der Waals surface area contributed by atoms with Crippen LogP contribution >= 0.6 is 39.3 Å². The van der Waals surface area contributed by atoms with Gasteiger partial charge in [-0.3, -0.25) is 10.1 Å². The molecular weight excluding hydrogens is 338 g/mol. The van der Waals surface area contributed by atoms with E-state index in [1.807, 2.05) is 24.3 Å². The fraction of sp³-hybridized carbons (Fsp3) is 0. The highest BCUT2D eigenvalue weighted by atomic mass is 79.9. The van der Waals surface area contributed by atoms with Gasteiger partial charge < -0.3 is 0 Å². The van der Waals surface area contributed by atoms with Crippen LogP contribution in [0.5, 0.6) is 0 Å². The summed E-state index contributed by atoms with van der Waals surface area (Å²) in [6.45, 7) is 0. The van der Waals surface area contributed by atoms with Crippen molar-refractivity contribution < 1.29 is 4.92 Å². The lowest BCUT2D eigenvalue weighted by Gasteiger charge is -2.03. The van der Waals surface area contributed by atoms with E-state index in [1.165, 1.54) is 23.9 Å². The van der Waals surface area contributed by atoms with E-state index in [2.05, 4.69) is 15.9 Å². The molecule has 0 aliphatic heterocycles. The average molecular weight is 345 g/mol. The molecule has 0 aromatic heterocycles. The van der Waals surface area contributed by atoms with Crippen LogP contribution in [0, 0.1) is 10.1 Å². The quantitative estimate of drug-likeness (QED) is 0.570. The molecule has 0 spiro atoms. The van der Waals surface area contributed by atoms with Gasteiger partial charge in [0, 0.05) is 20.5 Å². The van der Waals surface area contributed by atoms with Crippen LogP contribution in [0.2, 0.25) is 5.02 Å². The van der Waals surface area contributed by atoms with Crippen molar-refractivity contribution >= 4 is 45.0 Å². The first-order valence-electron chi connectivity index (χ1n) is 4.93. The topological polar surface area (TPSA) is 43.1 Å². The predicted octanol–water partition coefficient (Wildman–Crippen LogP) is 5.16. The smallest absolute Gasteiger partial charge is 0.258 e. The van der Waals surface area contributed by atoms with Gasteiger partial charge in [0.25, 0.3) is 5.69 Å². The molecule has 18 heavy (non-hydrogen) atoms. The van der Waals surface area contributed by atoms with Gasteiger partial charge in [0.05, 0.1) is 9.82 Å². The highest BCUT2D eigenvalue weighted by Crippen LogP contribution is 2.36. The zero-order valence-electron chi connectivity index (χ0n) is 8.97. The Morgan fingerprint density at radius 1 is 1.17 bits per heavy atom. The van der Waals surface area contributed by atoms with E-state index >= 15 is 0 Å². The second-order valence-corrected chi connectivity index (χ2v) is 5.89. The zero-order chi connectivity index (χ0) is 13.1. The van der Waals surface area contributed by atoms with Gasteiger partial charge in [-0.2, -0.15) is 0 Å². The van der Waals surface area contributed by atoms with E-state index in [4.69, 9.17) is 11.6 Å². The second kappa shape index (κ2) is 5.73. The van der Waals surface area contributed by atoms with Crippen LogP contribution < -0.4 is 0 Å². The van der Waals surface area contributed by atoms with Crippen molar-refractivity contribution in [1.29, 1.82) is 0 Å². The second-order valence-electron chi connectivity index (χ2n) is 3.43. The van der Waals surface area contributed by atoms with E-state index < -0.39 is 4.92 Å². The Hall–Kier alpha value is -1.04. The Morgan fingerprint density at radius 3 is 2.44 bits per heavy atom. The predicted molar refractivity (Wildman–Crippen MR) is 76.4 cm³/mol. The fourth-order valence-corrected chi connectivity index (χ4v) is 2.81. The van der Waals surface area contributed by atoms with E-state index in [-0.39, 0.29) is 5.69 Å².